The zero-order chi connectivity index (χ0) is 25.4. The molecule has 0 heterocycles. The van der Waals surface area contributed by atoms with Crippen molar-refractivity contribution < 1.29 is 19.8 Å². The fourth-order valence-corrected chi connectivity index (χ4v) is 3.53. The smallest absolute Gasteiger partial charge is 0.339 e. The van der Waals surface area contributed by atoms with Crippen LogP contribution < -0.4 is 4.90 Å². The number of benzene rings is 3. The minimum absolute atomic E-state index is 0.211. The predicted molar refractivity (Wildman–Crippen MR) is 139 cm³/mol. The van der Waals surface area contributed by atoms with Crippen molar-refractivity contribution in [2.75, 3.05) is 4.90 Å². The minimum Gasteiger partial charge on any atom is -0.507 e. The molecule has 178 valence electrons. The Balaban J connectivity index is 1.78. The van der Waals surface area contributed by atoms with Crippen molar-refractivity contribution in [1.29, 1.82) is 0 Å². The van der Waals surface area contributed by atoms with E-state index in [1.54, 1.807) is 6.92 Å². The zero-order valence-corrected chi connectivity index (χ0v) is 20.0. The van der Waals surface area contributed by atoms with Crippen molar-refractivity contribution in [1.82, 2.24) is 0 Å². The summed E-state index contributed by atoms with van der Waals surface area (Å²) < 4.78 is 0. The summed E-state index contributed by atoms with van der Waals surface area (Å²) in [5.74, 6) is 4.38. The van der Waals surface area contributed by atoms with Gasteiger partial charge in [-0.25, -0.2) is 4.79 Å². The highest BCUT2D eigenvalue weighted by molar-refractivity contribution is 6.05. The quantitative estimate of drug-likeness (QED) is 0.317. The summed E-state index contributed by atoms with van der Waals surface area (Å²) in [6.07, 6.45) is 3.44. The van der Waals surface area contributed by atoms with Gasteiger partial charge in [0, 0.05) is 22.4 Å². The summed E-state index contributed by atoms with van der Waals surface area (Å²) in [5, 5.41) is 19.1. The molecule has 0 saturated heterocycles. The first kappa shape index (κ1) is 25.3. The lowest BCUT2D eigenvalue weighted by atomic mass is 10.1. The molecule has 3 rings (SSSR count). The molecule has 3 aromatic carbocycles. The molecule has 2 N–H and O–H groups in total. The van der Waals surface area contributed by atoms with Crippen LogP contribution in [0.25, 0.3) is 0 Å². The highest BCUT2D eigenvalue weighted by Gasteiger charge is 2.20. The number of aromatic hydroxyl groups is 1. The van der Waals surface area contributed by atoms with E-state index in [1.807, 2.05) is 36.4 Å². The van der Waals surface area contributed by atoms with Gasteiger partial charge >= 0.3 is 5.97 Å². The van der Waals surface area contributed by atoms with Crippen molar-refractivity contribution >= 4 is 17.6 Å². The van der Waals surface area contributed by atoms with Crippen LogP contribution in [0.2, 0.25) is 0 Å². The summed E-state index contributed by atoms with van der Waals surface area (Å²) >= 11 is 0. The number of rotatable bonds is 8. The van der Waals surface area contributed by atoms with Crippen LogP contribution in [0.3, 0.4) is 0 Å². The van der Waals surface area contributed by atoms with Gasteiger partial charge in [0.05, 0.1) is 6.54 Å². The van der Waals surface area contributed by atoms with Crippen molar-refractivity contribution in [3.8, 4) is 17.6 Å². The van der Waals surface area contributed by atoms with Gasteiger partial charge in [-0.05, 0) is 73.4 Å². The zero-order valence-electron chi connectivity index (χ0n) is 20.0. The van der Waals surface area contributed by atoms with Crippen LogP contribution in [0.15, 0.2) is 78.9 Å². The second kappa shape index (κ2) is 11.7. The summed E-state index contributed by atoms with van der Waals surface area (Å²) in [7, 11) is 0. The number of hydrogen-bond donors (Lipinski definition) is 2. The third kappa shape index (κ3) is 6.84. The maximum Gasteiger partial charge on any atom is 0.339 e. The Morgan fingerprint density at radius 2 is 1.49 bits per heavy atom. The number of aromatic carboxylic acids is 1. The normalized spacial score (nSPS) is 10.2. The van der Waals surface area contributed by atoms with Crippen LogP contribution in [0.5, 0.6) is 5.75 Å². The fourth-order valence-electron chi connectivity index (χ4n) is 3.53. The molecule has 35 heavy (non-hydrogen) atoms. The number of carboxylic acids is 1. The van der Waals surface area contributed by atoms with Crippen LogP contribution >= 0.6 is 0 Å². The monoisotopic (exact) mass is 467 g/mol. The Kier molecular flexibility index (Phi) is 8.48. The van der Waals surface area contributed by atoms with Crippen LogP contribution in [-0.2, 0) is 17.8 Å². The largest absolute Gasteiger partial charge is 0.507 e. The number of carboxylic acid groups (broad SMARTS) is 1. The summed E-state index contributed by atoms with van der Waals surface area (Å²) in [5.41, 5.74) is 4.37. The molecule has 3 aromatic rings. The van der Waals surface area contributed by atoms with E-state index >= 15 is 0 Å². The van der Waals surface area contributed by atoms with Crippen molar-refractivity contribution in [3.05, 3.63) is 107 Å². The summed E-state index contributed by atoms with van der Waals surface area (Å²) in [4.78, 5) is 25.7. The van der Waals surface area contributed by atoms with E-state index in [0.29, 0.717) is 11.3 Å². The Morgan fingerprint density at radius 1 is 0.914 bits per heavy atom. The van der Waals surface area contributed by atoms with E-state index in [1.165, 1.54) is 41.5 Å². The lowest BCUT2D eigenvalue weighted by molar-refractivity contribution is -0.115. The first-order chi connectivity index (χ1) is 16.8. The number of anilines is 1. The molecule has 0 aliphatic heterocycles. The average Bonchev–Trinajstić information content (AvgIpc) is 2.86. The molecular weight excluding hydrogens is 438 g/mol. The maximum absolute atomic E-state index is 12.8. The van der Waals surface area contributed by atoms with Crippen LogP contribution in [-0.4, -0.2) is 22.1 Å². The average molecular weight is 468 g/mol. The molecule has 0 saturated carbocycles. The fraction of sp³-hybridized carbons (Fsp3) is 0.200. The van der Waals surface area contributed by atoms with Crippen molar-refractivity contribution in [2.24, 2.45) is 0 Å². The Bertz CT molecular complexity index is 1280. The maximum atomic E-state index is 12.8. The molecule has 0 aliphatic rings. The van der Waals surface area contributed by atoms with Gasteiger partial charge < -0.3 is 15.1 Å². The molecule has 0 radical (unpaired) electrons. The second-order valence-electron chi connectivity index (χ2n) is 8.43. The molecular formula is C30H29NO4. The highest BCUT2D eigenvalue weighted by atomic mass is 16.4. The van der Waals surface area contributed by atoms with Crippen molar-refractivity contribution in [2.45, 2.75) is 39.7 Å². The third-order valence-electron chi connectivity index (χ3n) is 5.55. The molecule has 0 atom stereocenters. The number of carbonyl (C=O) groups is 2. The molecule has 0 unspecified atom stereocenters. The molecule has 5 heteroatoms. The second-order valence-corrected chi connectivity index (χ2v) is 8.43. The first-order valence-corrected chi connectivity index (χ1v) is 11.5. The van der Waals surface area contributed by atoms with E-state index < -0.39 is 5.97 Å². The molecule has 5 nitrogen and oxygen atoms in total. The van der Waals surface area contributed by atoms with E-state index in [2.05, 4.69) is 37.5 Å². The lowest BCUT2D eigenvalue weighted by Gasteiger charge is -2.24. The molecule has 0 fully saturated rings. The SMILES string of the molecule is C=C(C)C(=O)N(Cc1ccc(C#Cc2ccc(CCCC)cc2)cc1)c1ccc(O)c(C(=O)O)c1. The van der Waals surface area contributed by atoms with Crippen LogP contribution in [0, 0.1) is 11.8 Å². The van der Waals surface area contributed by atoms with E-state index in [-0.39, 0.29) is 23.8 Å². The molecule has 1 amide bonds. The number of carbonyl (C=O) groups excluding carboxylic acids is 1. The van der Waals surface area contributed by atoms with Gasteiger partial charge in [0.1, 0.15) is 11.3 Å². The van der Waals surface area contributed by atoms with E-state index in [9.17, 15) is 19.8 Å². The van der Waals surface area contributed by atoms with Gasteiger partial charge in [-0.15, -0.1) is 0 Å². The van der Waals surface area contributed by atoms with E-state index in [4.69, 9.17) is 0 Å². The van der Waals surface area contributed by atoms with Gasteiger partial charge in [-0.3, -0.25) is 4.79 Å². The molecule has 0 spiro atoms. The Hall–Kier alpha value is -4.30. The third-order valence-corrected chi connectivity index (χ3v) is 5.55. The van der Waals surface area contributed by atoms with Crippen LogP contribution in [0.4, 0.5) is 5.69 Å². The van der Waals surface area contributed by atoms with Gasteiger partial charge in [-0.2, -0.15) is 0 Å². The Morgan fingerprint density at radius 3 is 2.00 bits per heavy atom. The van der Waals surface area contributed by atoms with E-state index in [0.717, 1.165) is 23.1 Å². The highest BCUT2D eigenvalue weighted by Crippen LogP contribution is 2.26. The Labute approximate surface area is 206 Å². The number of amides is 1. The minimum atomic E-state index is -1.27. The van der Waals surface area contributed by atoms with Gasteiger partial charge in [0.15, 0.2) is 0 Å². The van der Waals surface area contributed by atoms with Crippen molar-refractivity contribution in [3.63, 3.8) is 0 Å². The summed E-state index contributed by atoms with van der Waals surface area (Å²) in [6, 6.07) is 19.9. The standard InChI is InChI=1S/C30H29NO4/c1-4-5-6-22-7-9-23(10-8-22)11-12-24-13-15-25(16-14-24)20-31(29(33)21(2)3)26-17-18-28(32)27(19-26)30(34)35/h7-10,13-19,32H,2,4-6,20H2,1,3H3,(H,34,35). The number of aryl methyl sites for hydroxylation is 1. The predicted octanol–water partition coefficient (Wildman–Crippen LogP) is 5.94. The van der Waals surface area contributed by atoms with Gasteiger partial charge in [0.25, 0.3) is 5.91 Å². The number of nitrogens with zero attached hydrogens (tertiary/aromatic N) is 1. The number of unbranched alkanes of at least 4 members (excludes halogenated alkanes) is 1. The molecule has 0 aromatic heterocycles. The summed E-state index contributed by atoms with van der Waals surface area (Å²) in [6.45, 7) is 7.73. The van der Waals surface area contributed by atoms with Gasteiger partial charge in [0.2, 0.25) is 0 Å². The molecule has 0 aliphatic carbocycles. The number of phenols is 1. The van der Waals surface area contributed by atoms with Gasteiger partial charge in [-0.1, -0.05) is 56.0 Å². The molecule has 0 bridgehead atoms. The number of hydrogen-bond acceptors (Lipinski definition) is 3. The first-order valence-electron chi connectivity index (χ1n) is 11.5. The van der Waals surface area contributed by atoms with Crippen LogP contribution in [0.1, 0.15) is 59.3 Å². The lowest BCUT2D eigenvalue weighted by Crippen LogP contribution is -2.31. The topological polar surface area (TPSA) is 77.8 Å².